The van der Waals surface area contributed by atoms with Crippen LogP contribution < -0.4 is 0 Å². The first-order valence-electron chi connectivity index (χ1n) is 17.0. The summed E-state index contributed by atoms with van der Waals surface area (Å²) in [5, 5.41) is 6.97. The van der Waals surface area contributed by atoms with E-state index < -0.39 is 0 Å². The van der Waals surface area contributed by atoms with Crippen LogP contribution in [0.1, 0.15) is 11.6 Å². The minimum absolute atomic E-state index is 0.0348. The third kappa shape index (κ3) is 3.43. The molecule has 5 nitrogen and oxygen atoms in total. The van der Waals surface area contributed by atoms with Crippen LogP contribution >= 0.6 is 11.8 Å². The molecule has 12 rings (SSSR count). The first-order valence-corrected chi connectivity index (χ1v) is 17.8. The van der Waals surface area contributed by atoms with Crippen LogP contribution in [0, 0.1) is 5.92 Å². The fourth-order valence-electron chi connectivity index (χ4n) is 8.65. The summed E-state index contributed by atoms with van der Waals surface area (Å²) >= 11 is 1.85. The zero-order valence-corrected chi connectivity index (χ0v) is 27.4. The molecule has 50 heavy (non-hydrogen) atoms. The van der Waals surface area contributed by atoms with Crippen molar-refractivity contribution >= 4 is 89.0 Å². The van der Waals surface area contributed by atoms with Crippen molar-refractivity contribution in [1.82, 2.24) is 9.13 Å². The number of fused-ring (bicyclic) bond motifs is 13. The second-order valence-electron chi connectivity index (χ2n) is 13.3. The van der Waals surface area contributed by atoms with E-state index in [0.717, 1.165) is 66.8 Å². The molecule has 0 amide bonds. The molecule has 0 spiro atoms. The van der Waals surface area contributed by atoms with Crippen molar-refractivity contribution in [2.45, 2.75) is 10.9 Å². The standard InChI is InChI=1S/C44H26N4OS/c1-2-11-25(12-3-1)47-33-23-24-34-38(39(33)30-22-21-27-26-13-5-8-18-35(26)49-43(27)42(30)47)28-14-4-7-17-32(28)48(34)44-45-31-16-10-20-37-40(31)41(46-44)29-15-6-9-19-36(29)50-37/h1-24,40-41H. The van der Waals surface area contributed by atoms with E-state index in [0.29, 0.717) is 0 Å². The zero-order valence-electron chi connectivity index (χ0n) is 26.6. The normalized spacial score (nSPS) is 18.2. The fourth-order valence-corrected chi connectivity index (χ4v) is 9.88. The molecule has 0 radical (unpaired) electrons. The van der Waals surface area contributed by atoms with Crippen molar-refractivity contribution in [2.75, 3.05) is 0 Å². The Kier molecular flexibility index (Phi) is 5.22. The van der Waals surface area contributed by atoms with Gasteiger partial charge in [0.05, 0.1) is 39.7 Å². The first-order chi connectivity index (χ1) is 24.8. The summed E-state index contributed by atoms with van der Waals surface area (Å²) in [6.45, 7) is 0. The summed E-state index contributed by atoms with van der Waals surface area (Å²) in [5.74, 6) is 0.865. The number of hydrogen-bond acceptors (Lipinski definition) is 4. The Morgan fingerprint density at radius 3 is 2.28 bits per heavy atom. The van der Waals surface area contributed by atoms with Gasteiger partial charge in [-0.25, -0.2) is 9.98 Å². The van der Waals surface area contributed by atoms with E-state index in [2.05, 4.69) is 149 Å². The zero-order chi connectivity index (χ0) is 32.5. The Bertz CT molecular complexity index is 3080. The van der Waals surface area contributed by atoms with Gasteiger partial charge in [0.25, 0.3) is 0 Å². The van der Waals surface area contributed by atoms with Crippen LogP contribution in [0.2, 0.25) is 0 Å². The van der Waals surface area contributed by atoms with E-state index >= 15 is 0 Å². The van der Waals surface area contributed by atoms with Gasteiger partial charge < -0.3 is 8.98 Å². The lowest BCUT2D eigenvalue weighted by Gasteiger charge is -2.36. The number of hydrogen-bond donors (Lipinski definition) is 0. The van der Waals surface area contributed by atoms with E-state index in [1.165, 1.54) is 31.5 Å². The Balaban J connectivity index is 1.21. The number of para-hydroxylation sites is 3. The second-order valence-corrected chi connectivity index (χ2v) is 14.4. The Morgan fingerprint density at radius 1 is 0.620 bits per heavy atom. The van der Waals surface area contributed by atoms with Crippen molar-refractivity contribution in [2.24, 2.45) is 15.9 Å². The third-order valence-corrected chi connectivity index (χ3v) is 11.9. The summed E-state index contributed by atoms with van der Waals surface area (Å²) in [6, 6.07) is 45.4. The minimum atomic E-state index is -0.0348. The molecule has 0 bridgehead atoms. The molecule has 0 saturated heterocycles. The molecular formula is C44H26N4OS. The molecule has 2 aliphatic heterocycles. The van der Waals surface area contributed by atoms with Crippen LogP contribution in [-0.2, 0) is 0 Å². The molecule has 6 aromatic carbocycles. The SMILES string of the molecule is C1=CC2=NC(n3c4ccccc4c4c5c6ccc7c8ccccc8oc7c6n(-c6ccccc6)c5ccc43)=NC3c4ccccc4SC(=C1)C23. The van der Waals surface area contributed by atoms with Crippen LogP contribution in [-0.4, -0.2) is 20.8 Å². The van der Waals surface area contributed by atoms with Crippen LogP contribution in [0.5, 0.6) is 0 Å². The highest BCUT2D eigenvalue weighted by Crippen LogP contribution is 2.52. The van der Waals surface area contributed by atoms with E-state index in [1.54, 1.807) is 0 Å². The average Bonchev–Trinajstić information content (AvgIpc) is 3.83. The minimum Gasteiger partial charge on any atom is -0.454 e. The molecule has 9 aromatic rings. The molecule has 3 aromatic heterocycles. The molecule has 0 N–H and O–H groups in total. The summed E-state index contributed by atoms with van der Waals surface area (Å²) in [6.07, 6.45) is 6.54. The predicted molar refractivity (Wildman–Crippen MR) is 207 cm³/mol. The molecule has 234 valence electrons. The maximum atomic E-state index is 6.70. The number of allylic oxidation sites excluding steroid dienone is 3. The van der Waals surface area contributed by atoms with Gasteiger partial charge in [-0.3, -0.25) is 4.57 Å². The maximum Gasteiger partial charge on any atom is 0.230 e. The Hall–Kier alpha value is -6.11. The number of nitrogens with zero attached hydrogens (tertiary/aromatic N) is 4. The van der Waals surface area contributed by atoms with Crippen LogP contribution in [0.3, 0.4) is 0 Å². The predicted octanol–water partition coefficient (Wildman–Crippen LogP) is 11.4. The maximum absolute atomic E-state index is 6.70. The summed E-state index contributed by atoms with van der Waals surface area (Å²) in [7, 11) is 0. The van der Waals surface area contributed by atoms with E-state index in [4.69, 9.17) is 14.4 Å². The lowest BCUT2D eigenvalue weighted by molar-refractivity contribution is 0.611. The summed E-state index contributed by atoms with van der Waals surface area (Å²) in [5.41, 5.74) is 9.62. The molecular weight excluding hydrogens is 633 g/mol. The Labute approximate surface area is 290 Å². The van der Waals surface area contributed by atoms with Gasteiger partial charge in [-0.2, -0.15) is 0 Å². The highest BCUT2D eigenvalue weighted by atomic mass is 32.2. The monoisotopic (exact) mass is 658 g/mol. The number of aliphatic imine (C=N–C) groups is 2. The fraction of sp³-hybridized carbons (Fsp3) is 0.0455. The van der Waals surface area contributed by atoms with E-state index in [1.807, 2.05) is 17.8 Å². The van der Waals surface area contributed by atoms with Crippen molar-refractivity contribution in [3.8, 4) is 5.69 Å². The third-order valence-electron chi connectivity index (χ3n) is 10.7. The van der Waals surface area contributed by atoms with E-state index in [9.17, 15) is 0 Å². The van der Waals surface area contributed by atoms with Gasteiger partial charge in [0.2, 0.25) is 5.96 Å². The smallest absolute Gasteiger partial charge is 0.230 e. The Morgan fingerprint density at radius 2 is 1.36 bits per heavy atom. The second kappa shape index (κ2) is 9.74. The summed E-state index contributed by atoms with van der Waals surface area (Å²) in [4.78, 5) is 13.4. The number of benzene rings is 6. The van der Waals surface area contributed by atoms with Crippen molar-refractivity contribution in [3.63, 3.8) is 0 Å². The van der Waals surface area contributed by atoms with Gasteiger partial charge in [0.15, 0.2) is 5.58 Å². The van der Waals surface area contributed by atoms with Crippen molar-refractivity contribution in [3.05, 3.63) is 156 Å². The molecule has 0 fully saturated rings. The topological polar surface area (TPSA) is 47.7 Å². The quantitative estimate of drug-likeness (QED) is 0.176. The molecule has 5 heterocycles. The highest BCUT2D eigenvalue weighted by Gasteiger charge is 2.40. The summed E-state index contributed by atoms with van der Waals surface area (Å²) < 4.78 is 11.4. The molecule has 3 aliphatic rings. The number of furan rings is 1. The van der Waals surface area contributed by atoms with Gasteiger partial charge in [-0.05, 0) is 60.2 Å². The average molecular weight is 659 g/mol. The van der Waals surface area contributed by atoms with Crippen LogP contribution in [0.25, 0.3) is 71.2 Å². The largest absolute Gasteiger partial charge is 0.454 e. The van der Waals surface area contributed by atoms with Crippen molar-refractivity contribution in [1.29, 1.82) is 0 Å². The number of rotatable bonds is 1. The molecule has 2 unspecified atom stereocenters. The lowest BCUT2D eigenvalue weighted by Crippen LogP contribution is -2.32. The molecule has 2 atom stereocenters. The molecule has 0 saturated carbocycles. The van der Waals surface area contributed by atoms with Gasteiger partial charge in [-0.15, -0.1) is 0 Å². The van der Waals surface area contributed by atoms with Crippen LogP contribution in [0.4, 0.5) is 0 Å². The number of thioether (sulfide) groups is 1. The van der Waals surface area contributed by atoms with Crippen molar-refractivity contribution < 1.29 is 4.42 Å². The van der Waals surface area contributed by atoms with Gasteiger partial charge >= 0.3 is 0 Å². The molecule has 1 aliphatic carbocycles. The van der Waals surface area contributed by atoms with Gasteiger partial charge in [0, 0.05) is 47.8 Å². The lowest BCUT2D eigenvalue weighted by atomic mass is 9.85. The van der Waals surface area contributed by atoms with Gasteiger partial charge in [0.1, 0.15) is 5.58 Å². The first kappa shape index (κ1) is 26.8. The molecule has 6 heteroatoms. The van der Waals surface area contributed by atoms with E-state index in [-0.39, 0.29) is 12.0 Å². The highest BCUT2D eigenvalue weighted by molar-refractivity contribution is 8.03. The number of aromatic nitrogens is 2. The van der Waals surface area contributed by atoms with Gasteiger partial charge in [-0.1, -0.05) is 103 Å². The van der Waals surface area contributed by atoms with Crippen LogP contribution in [0.15, 0.2) is 170 Å².